The third kappa shape index (κ3) is 2.37. The molecular formula is C12H12O2. The number of carboxylic acids is 1. The standard InChI is InChI=1S/C12H12O2/c1-3-5-11(12(13)14)10-7-4-6-9(2)8-10/h1,4,6-8,11H,5H2,2H3,(H,13,14). The SMILES string of the molecule is C#CCC(C(=O)O)c1cccc(C)c1. The van der Waals surface area contributed by atoms with Crippen molar-refractivity contribution in [3.05, 3.63) is 35.4 Å². The number of terminal acetylenes is 1. The summed E-state index contributed by atoms with van der Waals surface area (Å²) in [7, 11) is 0. The van der Waals surface area contributed by atoms with Crippen LogP contribution in [-0.2, 0) is 4.79 Å². The molecule has 0 amide bonds. The average Bonchev–Trinajstić information content (AvgIpc) is 2.13. The minimum atomic E-state index is -0.867. The molecular weight excluding hydrogens is 176 g/mol. The zero-order valence-corrected chi connectivity index (χ0v) is 8.03. The van der Waals surface area contributed by atoms with E-state index in [1.54, 1.807) is 6.07 Å². The Bertz CT molecular complexity index is 374. The van der Waals surface area contributed by atoms with Crippen molar-refractivity contribution >= 4 is 5.97 Å². The Morgan fingerprint density at radius 3 is 2.86 bits per heavy atom. The van der Waals surface area contributed by atoms with E-state index < -0.39 is 11.9 Å². The number of aliphatic carboxylic acids is 1. The number of carboxylic acid groups (broad SMARTS) is 1. The third-order valence-electron chi connectivity index (χ3n) is 2.06. The Morgan fingerprint density at radius 2 is 2.36 bits per heavy atom. The number of rotatable bonds is 3. The summed E-state index contributed by atoms with van der Waals surface area (Å²) in [5.41, 5.74) is 1.82. The zero-order valence-electron chi connectivity index (χ0n) is 8.03. The van der Waals surface area contributed by atoms with Crippen LogP contribution in [0.15, 0.2) is 24.3 Å². The van der Waals surface area contributed by atoms with Crippen molar-refractivity contribution < 1.29 is 9.90 Å². The van der Waals surface area contributed by atoms with E-state index in [1.165, 1.54) is 0 Å². The van der Waals surface area contributed by atoms with Gasteiger partial charge in [-0.2, -0.15) is 0 Å². The summed E-state index contributed by atoms with van der Waals surface area (Å²) in [5.74, 6) is 0.936. The van der Waals surface area contributed by atoms with Crippen molar-refractivity contribution in [1.82, 2.24) is 0 Å². The molecule has 72 valence electrons. The summed E-state index contributed by atoms with van der Waals surface area (Å²) < 4.78 is 0. The van der Waals surface area contributed by atoms with Gasteiger partial charge in [-0.25, -0.2) is 0 Å². The topological polar surface area (TPSA) is 37.3 Å². The van der Waals surface area contributed by atoms with Crippen LogP contribution < -0.4 is 0 Å². The predicted octanol–water partition coefficient (Wildman–Crippen LogP) is 2.19. The normalized spacial score (nSPS) is 11.7. The fourth-order valence-electron chi connectivity index (χ4n) is 1.35. The van der Waals surface area contributed by atoms with E-state index in [2.05, 4.69) is 5.92 Å². The van der Waals surface area contributed by atoms with E-state index >= 15 is 0 Å². The van der Waals surface area contributed by atoms with E-state index in [4.69, 9.17) is 11.5 Å². The van der Waals surface area contributed by atoms with E-state index in [0.717, 1.165) is 11.1 Å². The number of benzene rings is 1. The highest BCUT2D eigenvalue weighted by molar-refractivity contribution is 5.76. The Kier molecular flexibility index (Phi) is 3.30. The largest absolute Gasteiger partial charge is 0.481 e. The molecule has 1 aromatic carbocycles. The fraction of sp³-hybridized carbons (Fsp3) is 0.250. The molecule has 0 aromatic heterocycles. The summed E-state index contributed by atoms with van der Waals surface area (Å²) >= 11 is 0. The highest BCUT2D eigenvalue weighted by Gasteiger charge is 2.18. The summed E-state index contributed by atoms with van der Waals surface area (Å²) in [6.45, 7) is 1.93. The van der Waals surface area contributed by atoms with Gasteiger partial charge in [0, 0.05) is 6.42 Å². The third-order valence-corrected chi connectivity index (χ3v) is 2.06. The Balaban J connectivity index is 3.00. The zero-order chi connectivity index (χ0) is 10.6. The van der Waals surface area contributed by atoms with E-state index in [-0.39, 0.29) is 6.42 Å². The number of hydrogen-bond acceptors (Lipinski definition) is 1. The van der Waals surface area contributed by atoms with Crippen LogP contribution in [0.3, 0.4) is 0 Å². The molecule has 1 aromatic rings. The second-order valence-corrected chi connectivity index (χ2v) is 3.21. The molecule has 0 spiro atoms. The lowest BCUT2D eigenvalue weighted by Gasteiger charge is -2.09. The van der Waals surface area contributed by atoms with Gasteiger partial charge in [-0.1, -0.05) is 29.8 Å². The Morgan fingerprint density at radius 1 is 1.64 bits per heavy atom. The van der Waals surface area contributed by atoms with Gasteiger partial charge in [-0.15, -0.1) is 12.3 Å². The van der Waals surface area contributed by atoms with Gasteiger partial charge < -0.3 is 5.11 Å². The monoisotopic (exact) mass is 188 g/mol. The molecule has 1 atom stereocenters. The minimum absolute atomic E-state index is 0.235. The first kappa shape index (κ1) is 10.3. The van der Waals surface area contributed by atoms with E-state index in [1.807, 2.05) is 25.1 Å². The van der Waals surface area contributed by atoms with Crippen LogP contribution in [0.4, 0.5) is 0 Å². The van der Waals surface area contributed by atoms with Crippen molar-refractivity contribution in [3.63, 3.8) is 0 Å². The summed E-state index contributed by atoms with van der Waals surface area (Å²) in [5, 5.41) is 8.95. The van der Waals surface area contributed by atoms with Crippen LogP contribution in [0.1, 0.15) is 23.5 Å². The van der Waals surface area contributed by atoms with Gasteiger partial charge in [0.25, 0.3) is 0 Å². The van der Waals surface area contributed by atoms with Gasteiger partial charge >= 0.3 is 5.97 Å². The van der Waals surface area contributed by atoms with Crippen LogP contribution in [0.2, 0.25) is 0 Å². The van der Waals surface area contributed by atoms with E-state index in [0.29, 0.717) is 0 Å². The van der Waals surface area contributed by atoms with Crippen molar-refractivity contribution in [3.8, 4) is 12.3 Å². The molecule has 2 heteroatoms. The molecule has 1 N–H and O–H groups in total. The molecule has 0 aliphatic rings. The van der Waals surface area contributed by atoms with Crippen LogP contribution in [0, 0.1) is 19.3 Å². The van der Waals surface area contributed by atoms with Crippen molar-refractivity contribution in [2.45, 2.75) is 19.3 Å². The lowest BCUT2D eigenvalue weighted by atomic mass is 9.95. The summed E-state index contributed by atoms with van der Waals surface area (Å²) in [4.78, 5) is 10.9. The second kappa shape index (κ2) is 4.48. The van der Waals surface area contributed by atoms with Gasteiger partial charge in [0.05, 0.1) is 5.92 Å². The first-order valence-corrected chi connectivity index (χ1v) is 4.38. The molecule has 0 heterocycles. The number of aryl methyl sites for hydroxylation is 1. The number of hydrogen-bond donors (Lipinski definition) is 1. The van der Waals surface area contributed by atoms with Gasteiger partial charge in [0.1, 0.15) is 0 Å². The van der Waals surface area contributed by atoms with Gasteiger partial charge in [0.2, 0.25) is 0 Å². The smallest absolute Gasteiger partial charge is 0.311 e. The Hall–Kier alpha value is -1.75. The summed E-state index contributed by atoms with van der Waals surface area (Å²) in [6, 6.07) is 7.43. The first-order valence-electron chi connectivity index (χ1n) is 4.38. The van der Waals surface area contributed by atoms with Crippen LogP contribution >= 0.6 is 0 Å². The van der Waals surface area contributed by atoms with Crippen LogP contribution in [0.5, 0.6) is 0 Å². The van der Waals surface area contributed by atoms with Gasteiger partial charge in [-0.3, -0.25) is 4.79 Å². The Labute approximate surface area is 83.6 Å². The average molecular weight is 188 g/mol. The van der Waals surface area contributed by atoms with Crippen LogP contribution in [-0.4, -0.2) is 11.1 Å². The molecule has 1 unspecified atom stereocenters. The lowest BCUT2D eigenvalue weighted by molar-refractivity contribution is -0.138. The molecule has 0 radical (unpaired) electrons. The van der Waals surface area contributed by atoms with Gasteiger partial charge in [0.15, 0.2) is 0 Å². The van der Waals surface area contributed by atoms with Crippen LogP contribution in [0.25, 0.3) is 0 Å². The molecule has 1 rings (SSSR count). The molecule has 0 bridgehead atoms. The maximum atomic E-state index is 10.9. The maximum Gasteiger partial charge on any atom is 0.311 e. The predicted molar refractivity (Wildman–Crippen MR) is 55.0 cm³/mol. The fourth-order valence-corrected chi connectivity index (χ4v) is 1.35. The van der Waals surface area contributed by atoms with Crippen molar-refractivity contribution in [2.75, 3.05) is 0 Å². The quantitative estimate of drug-likeness (QED) is 0.738. The second-order valence-electron chi connectivity index (χ2n) is 3.21. The van der Waals surface area contributed by atoms with Gasteiger partial charge in [-0.05, 0) is 12.5 Å². The summed E-state index contributed by atoms with van der Waals surface area (Å²) in [6.07, 6.45) is 5.36. The lowest BCUT2D eigenvalue weighted by Crippen LogP contribution is -2.10. The molecule has 0 saturated heterocycles. The molecule has 0 aliphatic carbocycles. The molecule has 0 aliphatic heterocycles. The first-order chi connectivity index (χ1) is 6.65. The van der Waals surface area contributed by atoms with E-state index in [9.17, 15) is 4.79 Å². The molecule has 14 heavy (non-hydrogen) atoms. The molecule has 2 nitrogen and oxygen atoms in total. The molecule has 0 saturated carbocycles. The maximum absolute atomic E-state index is 10.9. The molecule has 0 fully saturated rings. The van der Waals surface area contributed by atoms with Crippen molar-refractivity contribution in [1.29, 1.82) is 0 Å². The highest BCUT2D eigenvalue weighted by Crippen LogP contribution is 2.20. The van der Waals surface area contributed by atoms with Crippen molar-refractivity contribution in [2.24, 2.45) is 0 Å². The highest BCUT2D eigenvalue weighted by atomic mass is 16.4. The number of carbonyl (C=O) groups is 1. The minimum Gasteiger partial charge on any atom is -0.481 e.